The van der Waals surface area contributed by atoms with Crippen molar-refractivity contribution < 1.29 is 50.9 Å². The Labute approximate surface area is 338 Å². The summed E-state index contributed by atoms with van der Waals surface area (Å²) in [4.78, 5) is 47.9. The first-order valence-corrected chi connectivity index (χ1v) is 20.3. The van der Waals surface area contributed by atoms with E-state index in [0.717, 1.165) is 0 Å². The van der Waals surface area contributed by atoms with Crippen LogP contribution in [-0.4, -0.2) is 128 Å². The van der Waals surface area contributed by atoms with Gasteiger partial charge in [0.25, 0.3) is 5.91 Å². The van der Waals surface area contributed by atoms with Crippen LogP contribution in [0.2, 0.25) is 0 Å². The van der Waals surface area contributed by atoms with Crippen LogP contribution in [0.1, 0.15) is 84.0 Å². The Kier molecular flexibility index (Phi) is 12.8. The maximum absolute atomic E-state index is 14.8. The molecule has 0 bridgehead atoms. The van der Waals surface area contributed by atoms with Gasteiger partial charge in [-0.2, -0.15) is 13.2 Å². The first-order chi connectivity index (χ1) is 27.2. The van der Waals surface area contributed by atoms with Gasteiger partial charge in [-0.1, -0.05) is 0 Å². The normalized spacial score (nSPS) is 20.3. The molecule has 4 fully saturated rings. The number of piperidine rings is 2. The lowest BCUT2D eigenvalue weighted by molar-refractivity contribution is -0.179. The Morgan fingerprint density at radius 2 is 1.21 bits per heavy atom. The van der Waals surface area contributed by atoms with E-state index in [1.807, 2.05) is 30.6 Å². The van der Waals surface area contributed by atoms with Crippen molar-refractivity contribution in [3.8, 4) is 11.5 Å². The zero-order valence-electron chi connectivity index (χ0n) is 34.4. The smallest absolute Gasteiger partial charge is 0.410 e. The van der Waals surface area contributed by atoms with Gasteiger partial charge in [0.1, 0.15) is 40.7 Å². The van der Waals surface area contributed by atoms with E-state index in [4.69, 9.17) is 18.9 Å². The van der Waals surface area contributed by atoms with Gasteiger partial charge < -0.3 is 43.4 Å². The van der Waals surface area contributed by atoms with Crippen molar-refractivity contribution in [2.75, 3.05) is 75.2 Å². The van der Waals surface area contributed by atoms with Gasteiger partial charge in [-0.3, -0.25) is 4.79 Å². The number of alkyl halides is 3. The molecule has 0 spiro atoms. The maximum Gasteiger partial charge on any atom is 0.410 e. The fourth-order valence-corrected chi connectivity index (χ4v) is 7.77. The average molecular weight is 820 g/mol. The number of nitrogens with zero attached hydrogens (tertiary/aromatic N) is 5. The molecule has 6 rings (SSSR count). The second-order valence-corrected chi connectivity index (χ2v) is 17.6. The molecule has 0 radical (unpaired) electrons. The number of hydrogen-bond acceptors (Lipinski definition) is 9. The molecule has 1 atom stereocenters. The maximum atomic E-state index is 14.8. The number of likely N-dealkylation sites (tertiary alicyclic amines) is 2. The second kappa shape index (κ2) is 17.3. The number of amides is 3. The van der Waals surface area contributed by atoms with E-state index in [2.05, 4.69) is 0 Å². The number of halogens is 4. The van der Waals surface area contributed by atoms with Gasteiger partial charge in [-0.15, -0.1) is 0 Å². The van der Waals surface area contributed by atoms with E-state index < -0.39 is 35.2 Å². The highest BCUT2D eigenvalue weighted by Crippen LogP contribution is 2.39. The van der Waals surface area contributed by atoms with Gasteiger partial charge in [-0.05, 0) is 78.6 Å². The van der Waals surface area contributed by atoms with Crippen molar-refractivity contribution >= 4 is 29.5 Å². The van der Waals surface area contributed by atoms with E-state index in [0.29, 0.717) is 100 Å². The zero-order valence-corrected chi connectivity index (χ0v) is 34.4. The first-order valence-electron chi connectivity index (χ1n) is 20.3. The molecule has 0 aliphatic carbocycles. The lowest BCUT2D eigenvalue weighted by atomic mass is 9.95. The van der Waals surface area contributed by atoms with Crippen LogP contribution in [-0.2, 0) is 9.47 Å². The molecule has 0 aromatic heterocycles. The third-order valence-corrected chi connectivity index (χ3v) is 10.8. The predicted molar refractivity (Wildman–Crippen MR) is 210 cm³/mol. The third-order valence-electron chi connectivity index (χ3n) is 10.8. The van der Waals surface area contributed by atoms with Crippen LogP contribution in [0.15, 0.2) is 36.4 Å². The van der Waals surface area contributed by atoms with Crippen LogP contribution in [0.25, 0.3) is 0 Å². The second-order valence-electron chi connectivity index (χ2n) is 17.6. The molecule has 2 aromatic carbocycles. The summed E-state index contributed by atoms with van der Waals surface area (Å²) in [7, 11) is 0. The number of hydrogen-bond donors (Lipinski definition) is 0. The van der Waals surface area contributed by atoms with Crippen molar-refractivity contribution in [2.24, 2.45) is 5.92 Å². The van der Waals surface area contributed by atoms with E-state index in [-0.39, 0.29) is 50.1 Å². The summed E-state index contributed by atoms with van der Waals surface area (Å²) in [5.41, 5.74) is 0.361. The number of benzene rings is 2. The largest absolute Gasteiger partial charge is 0.490 e. The SMILES string of the molecule is CC(C)(C)OC(=O)N1CCN(c2cc(F)cc(OC3CCN(C(=O)c4ccc(O[C@H]5CCN(C(=O)OC(C)(C)C)C5)c(N5CCC(C(F)(F)F)CC5)c4)CC3)c2)CC1. The van der Waals surface area contributed by atoms with E-state index in [1.54, 1.807) is 59.7 Å². The Bertz CT molecular complexity index is 1770. The van der Waals surface area contributed by atoms with Crippen molar-refractivity contribution in [2.45, 2.75) is 103 Å². The standard InChI is InChI=1S/C42H57F4N5O7/c1-40(2,3)57-38(53)50-21-19-47(20-22-50)31-24-30(43)25-34(26-31)55-32-11-16-49(17-12-32)37(52)28-7-8-36(35(23-28)48-14-9-29(10-15-48)42(44,45)46)56-33-13-18-51(27-33)39(54)58-41(4,5)6/h7-8,23-26,29,32-33H,9-22,27H2,1-6H3/t33-/m0/s1. The van der Waals surface area contributed by atoms with Crippen LogP contribution in [0, 0.1) is 11.7 Å². The van der Waals surface area contributed by atoms with E-state index in [1.165, 1.54) is 12.1 Å². The molecule has 0 N–H and O–H groups in total. The molecule has 4 aliphatic heterocycles. The minimum Gasteiger partial charge on any atom is -0.490 e. The highest BCUT2D eigenvalue weighted by Gasteiger charge is 2.42. The number of piperazine rings is 1. The van der Waals surface area contributed by atoms with E-state index >= 15 is 0 Å². The molecule has 0 saturated carbocycles. The minimum absolute atomic E-state index is 0.0674. The highest BCUT2D eigenvalue weighted by atomic mass is 19.4. The lowest BCUT2D eigenvalue weighted by Gasteiger charge is -2.37. The number of rotatable bonds is 7. The van der Waals surface area contributed by atoms with Gasteiger partial charge in [0, 0.05) is 102 Å². The summed E-state index contributed by atoms with van der Waals surface area (Å²) in [5.74, 6) is -1.20. The topological polar surface area (TPSA) is 104 Å². The molecule has 12 nitrogen and oxygen atoms in total. The number of carbonyl (C=O) groups excluding carboxylic acids is 3. The van der Waals surface area contributed by atoms with Gasteiger partial charge in [0.05, 0.1) is 18.2 Å². The Morgan fingerprint density at radius 1 is 0.621 bits per heavy atom. The molecule has 0 unspecified atom stereocenters. The van der Waals surface area contributed by atoms with Crippen LogP contribution in [0.5, 0.6) is 11.5 Å². The van der Waals surface area contributed by atoms with Gasteiger partial charge >= 0.3 is 18.4 Å². The predicted octanol–water partition coefficient (Wildman–Crippen LogP) is 7.73. The van der Waals surface area contributed by atoms with E-state index in [9.17, 15) is 31.9 Å². The van der Waals surface area contributed by atoms with Gasteiger partial charge in [0.2, 0.25) is 0 Å². The summed E-state index contributed by atoms with van der Waals surface area (Å²) in [6.45, 7) is 14.6. The molecule has 3 amide bonds. The van der Waals surface area contributed by atoms with Crippen LogP contribution in [0.3, 0.4) is 0 Å². The summed E-state index contributed by atoms with van der Waals surface area (Å²) < 4.78 is 79.2. The monoisotopic (exact) mass is 819 g/mol. The summed E-state index contributed by atoms with van der Waals surface area (Å²) >= 11 is 0. The molecule has 16 heteroatoms. The number of ether oxygens (including phenoxy) is 4. The van der Waals surface area contributed by atoms with Gasteiger partial charge in [0.15, 0.2) is 0 Å². The molecule has 4 aliphatic rings. The van der Waals surface area contributed by atoms with Crippen molar-refractivity contribution in [3.63, 3.8) is 0 Å². The molecule has 320 valence electrons. The average Bonchev–Trinajstić information content (AvgIpc) is 3.62. The van der Waals surface area contributed by atoms with Crippen molar-refractivity contribution in [1.29, 1.82) is 0 Å². The zero-order chi connectivity index (χ0) is 42.0. The fourth-order valence-electron chi connectivity index (χ4n) is 7.77. The summed E-state index contributed by atoms with van der Waals surface area (Å²) in [6.07, 6.45) is -4.24. The minimum atomic E-state index is -4.27. The Morgan fingerprint density at radius 3 is 1.81 bits per heavy atom. The molecule has 4 saturated heterocycles. The van der Waals surface area contributed by atoms with Crippen molar-refractivity contribution in [1.82, 2.24) is 14.7 Å². The van der Waals surface area contributed by atoms with Crippen molar-refractivity contribution in [3.05, 3.63) is 47.8 Å². The molecule has 4 heterocycles. The summed E-state index contributed by atoms with van der Waals surface area (Å²) in [5, 5.41) is 0. The highest BCUT2D eigenvalue weighted by molar-refractivity contribution is 5.96. The van der Waals surface area contributed by atoms with Crippen LogP contribution in [0.4, 0.5) is 38.5 Å². The summed E-state index contributed by atoms with van der Waals surface area (Å²) in [6, 6.07) is 9.68. The fraction of sp³-hybridized carbons (Fsp3) is 0.643. The number of carbonyl (C=O) groups is 3. The number of anilines is 2. The molecular weight excluding hydrogens is 762 g/mol. The third kappa shape index (κ3) is 11.3. The quantitative estimate of drug-likeness (QED) is 0.260. The lowest BCUT2D eigenvalue weighted by Crippen LogP contribution is -2.50. The van der Waals surface area contributed by atoms with Crippen LogP contribution < -0.4 is 19.3 Å². The molecular formula is C42H57F4N5O7. The van der Waals surface area contributed by atoms with Crippen LogP contribution >= 0.6 is 0 Å². The molecule has 58 heavy (non-hydrogen) atoms. The Hall–Kier alpha value is -4.63. The van der Waals surface area contributed by atoms with Gasteiger partial charge in [-0.25, -0.2) is 14.0 Å². The first kappa shape index (κ1) is 43.0. The molecule has 2 aromatic rings. The Balaban J connectivity index is 1.07.